The van der Waals surface area contributed by atoms with Crippen LogP contribution in [0.2, 0.25) is 5.02 Å². The molecule has 4 heterocycles. The SMILES string of the molecule is COCOC[C@H]1Cn2cc(-c3cc(Nc4ccnn4C)ncc3Cl)cc2C(C=O)N1Cc1cc(F)ccc1CO. The van der Waals surface area contributed by atoms with Crippen molar-refractivity contribution in [3.63, 3.8) is 0 Å². The maximum absolute atomic E-state index is 14.2. The minimum Gasteiger partial charge on any atom is -0.392 e. The van der Waals surface area contributed by atoms with Gasteiger partial charge in [0.15, 0.2) is 0 Å². The van der Waals surface area contributed by atoms with Crippen molar-refractivity contribution in [2.75, 3.05) is 25.8 Å². The van der Waals surface area contributed by atoms with Crippen LogP contribution in [0.5, 0.6) is 0 Å². The molecule has 1 unspecified atom stereocenters. The molecule has 12 heteroatoms. The van der Waals surface area contributed by atoms with Crippen LogP contribution in [0.25, 0.3) is 11.1 Å². The summed E-state index contributed by atoms with van der Waals surface area (Å²) < 4.78 is 28.6. The summed E-state index contributed by atoms with van der Waals surface area (Å²) in [4.78, 5) is 19.0. The van der Waals surface area contributed by atoms with Gasteiger partial charge in [-0.15, -0.1) is 0 Å². The van der Waals surface area contributed by atoms with Gasteiger partial charge in [-0.1, -0.05) is 17.7 Å². The zero-order valence-electron chi connectivity index (χ0n) is 22.1. The van der Waals surface area contributed by atoms with Gasteiger partial charge in [-0.25, -0.2) is 9.37 Å². The van der Waals surface area contributed by atoms with Gasteiger partial charge in [0.25, 0.3) is 0 Å². The number of rotatable bonds is 11. The molecule has 0 aliphatic carbocycles. The van der Waals surface area contributed by atoms with Crippen molar-refractivity contribution in [3.05, 3.63) is 82.6 Å². The first-order valence-electron chi connectivity index (χ1n) is 12.7. The average molecular weight is 569 g/mol. The van der Waals surface area contributed by atoms with E-state index in [0.717, 1.165) is 28.9 Å². The van der Waals surface area contributed by atoms with Gasteiger partial charge in [-0.05, 0) is 35.4 Å². The number of aryl methyl sites for hydroxylation is 1. The fourth-order valence-corrected chi connectivity index (χ4v) is 5.26. The van der Waals surface area contributed by atoms with Gasteiger partial charge in [0.1, 0.15) is 36.6 Å². The smallest absolute Gasteiger partial charge is 0.146 e. The van der Waals surface area contributed by atoms with E-state index in [1.54, 1.807) is 30.3 Å². The number of aromatic nitrogens is 4. The molecule has 0 spiro atoms. The molecule has 0 bridgehead atoms. The van der Waals surface area contributed by atoms with E-state index in [1.165, 1.54) is 12.1 Å². The van der Waals surface area contributed by atoms with E-state index in [9.17, 15) is 14.3 Å². The van der Waals surface area contributed by atoms with E-state index in [0.29, 0.717) is 28.5 Å². The first-order valence-corrected chi connectivity index (χ1v) is 13.1. The number of carbonyl (C=O) groups excluding carboxylic acids is 1. The minimum absolute atomic E-state index is 0.0980. The molecule has 5 rings (SSSR count). The van der Waals surface area contributed by atoms with Crippen LogP contribution in [0.15, 0.2) is 55.0 Å². The first kappa shape index (κ1) is 27.9. The number of halogens is 2. The summed E-state index contributed by atoms with van der Waals surface area (Å²) in [6.07, 6.45) is 6.10. The van der Waals surface area contributed by atoms with Crippen LogP contribution >= 0.6 is 11.6 Å². The first-order chi connectivity index (χ1) is 19.4. The predicted molar refractivity (Wildman–Crippen MR) is 147 cm³/mol. The van der Waals surface area contributed by atoms with Crippen molar-refractivity contribution in [2.24, 2.45) is 7.05 Å². The molecular weight excluding hydrogens is 539 g/mol. The van der Waals surface area contributed by atoms with E-state index in [4.69, 9.17) is 21.1 Å². The van der Waals surface area contributed by atoms with Gasteiger partial charge in [0.05, 0.1) is 30.5 Å². The number of pyridine rings is 1. The van der Waals surface area contributed by atoms with E-state index in [2.05, 4.69) is 15.4 Å². The Morgan fingerprint density at radius 2 is 2.10 bits per heavy atom. The van der Waals surface area contributed by atoms with Gasteiger partial charge >= 0.3 is 0 Å². The standard InChI is InChI=1S/C28H30ClFN6O4/c1-34-28(5-6-32-34)33-27-9-23(24(29)10-31-27)20-8-25-26(15-38)36(12-19-7-21(30)4-3-18(19)14-37)22(13-35(25)11-20)16-40-17-39-2/h3-11,15,22,26,37H,12-14,16-17H2,1-2H3,(H,31,33)/t22-,26?/m1/s1. The number of hydrogen-bond donors (Lipinski definition) is 2. The van der Waals surface area contributed by atoms with Gasteiger partial charge in [0, 0.05) is 62.5 Å². The normalized spacial score (nSPS) is 17.1. The second-order valence-electron chi connectivity index (χ2n) is 9.58. The molecule has 1 aliphatic heterocycles. The highest BCUT2D eigenvalue weighted by molar-refractivity contribution is 6.33. The zero-order valence-corrected chi connectivity index (χ0v) is 22.9. The Morgan fingerprint density at radius 3 is 2.83 bits per heavy atom. The number of fused-ring (bicyclic) bond motifs is 1. The fourth-order valence-electron chi connectivity index (χ4n) is 5.05. The van der Waals surface area contributed by atoms with E-state index in [-0.39, 0.29) is 32.6 Å². The zero-order chi connectivity index (χ0) is 28.2. The van der Waals surface area contributed by atoms with Gasteiger partial charge < -0.3 is 29.3 Å². The quantitative estimate of drug-likeness (QED) is 0.158. The average Bonchev–Trinajstić information content (AvgIpc) is 3.55. The Morgan fingerprint density at radius 1 is 1.25 bits per heavy atom. The molecule has 0 fully saturated rings. The summed E-state index contributed by atoms with van der Waals surface area (Å²) in [5.74, 6) is 0.953. The molecule has 1 aliphatic rings. The van der Waals surface area contributed by atoms with Gasteiger partial charge in [0.2, 0.25) is 0 Å². The molecule has 0 saturated carbocycles. The molecule has 210 valence electrons. The molecule has 2 atom stereocenters. The molecule has 0 radical (unpaired) electrons. The number of hydrogen-bond acceptors (Lipinski definition) is 8. The number of aliphatic hydroxyl groups is 1. The number of carbonyl (C=O) groups is 1. The largest absolute Gasteiger partial charge is 0.392 e. The number of ether oxygens (including phenoxy) is 2. The van der Waals surface area contributed by atoms with Crippen LogP contribution in [0.1, 0.15) is 22.9 Å². The summed E-state index contributed by atoms with van der Waals surface area (Å²) >= 11 is 6.58. The molecule has 1 aromatic carbocycles. The van der Waals surface area contributed by atoms with Gasteiger partial charge in [-0.3, -0.25) is 9.58 Å². The van der Waals surface area contributed by atoms with Crippen LogP contribution in [0.4, 0.5) is 16.0 Å². The summed E-state index contributed by atoms with van der Waals surface area (Å²) in [6, 6.07) is 9.01. The van der Waals surface area contributed by atoms with Crippen LogP contribution in [0, 0.1) is 5.82 Å². The number of benzene rings is 1. The van der Waals surface area contributed by atoms with Crippen LogP contribution in [-0.2, 0) is 41.0 Å². The predicted octanol–water partition coefficient (Wildman–Crippen LogP) is 4.06. The van der Waals surface area contributed by atoms with Crippen LogP contribution < -0.4 is 5.32 Å². The molecule has 0 amide bonds. The Balaban J connectivity index is 1.50. The Hall–Kier alpha value is -3.61. The van der Waals surface area contributed by atoms with Crippen molar-refractivity contribution >= 4 is 29.5 Å². The maximum Gasteiger partial charge on any atom is 0.146 e. The Bertz CT molecular complexity index is 1490. The summed E-state index contributed by atoms with van der Waals surface area (Å²) in [7, 11) is 3.37. The molecule has 40 heavy (non-hydrogen) atoms. The lowest BCUT2D eigenvalue weighted by Crippen LogP contribution is -2.48. The number of aldehydes is 1. The number of methoxy groups -OCH3 is 1. The Labute approximate surface area is 235 Å². The lowest BCUT2D eigenvalue weighted by atomic mass is 10.0. The van der Waals surface area contributed by atoms with Crippen LogP contribution in [-0.4, -0.2) is 62.2 Å². The number of aliphatic hydroxyl groups excluding tert-OH is 1. The molecule has 10 nitrogen and oxygen atoms in total. The van der Waals surface area contributed by atoms with Crippen LogP contribution in [0.3, 0.4) is 0 Å². The highest BCUT2D eigenvalue weighted by Crippen LogP contribution is 2.37. The topological polar surface area (TPSA) is 107 Å². The third kappa shape index (κ3) is 5.79. The highest BCUT2D eigenvalue weighted by atomic mass is 35.5. The molecule has 3 aromatic heterocycles. The fraction of sp³-hybridized carbons (Fsp3) is 0.321. The number of nitrogens with one attached hydrogen (secondary N) is 1. The van der Waals surface area contributed by atoms with Crippen molar-refractivity contribution in [1.82, 2.24) is 24.2 Å². The summed E-state index contributed by atoms with van der Waals surface area (Å²) in [5.41, 5.74) is 3.54. The molecular formula is C28H30ClFN6O4. The third-order valence-corrected chi connectivity index (χ3v) is 7.34. The van der Waals surface area contributed by atoms with E-state index >= 15 is 0 Å². The van der Waals surface area contributed by atoms with Crippen molar-refractivity contribution in [3.8, 4) is 11.1 Å². The second kappa shape index (κ2) is 12.3. The molecule has 2 N–H and O–H groups in total. The Kier molecular flexibility index (Phi) is 8.57. The highest BCUT2D eigenvalue weighted by Gasteiger charge is 2.36. The summed E-state index contributed by atoms with van der Waals surface area (Å²) in [6.45, 7) is 0.893. The minimum atomic E-state index is -0.652. The lowest BCUT2D eigenvalue weighted by Gasteiger charge is -2.41. The van der Waals surface area contributed by atoms with E-state index in [1.807, 2.05) is 40.9 Å². The monoisotopic (exact) mass is 568 g/mol. The van der Waals surface area contributed by atoms with Crippen molar-refractivity contribution in [1.29, 1.82) is 0 Å². The lowest BCUT2D eigenvalue weighted by molar-refractivity contribution is -0.117. The second-order valence-corrected chi connectivity index (χ2v) is 9.98. The molecule has 0 saturated heterocycles. The molecule has 4 aromatic rings. The number of anilines is 2. The summed E-state index contributed by atoms with van der Waals surface area (Å²) in [5, 5.41) is 17.7. The maximum atomic E-state index is 14.2. The van der Waals surface area contributed by atoms with E-state index < -0.39 is 11.9 Å². The number of nitrogens with zero attached hydrogens (tertiary/aromatic N) is 5. The van der Waals surface area contributed by atoms with Crippen molar-refractivity contribution in [2.45, 2.75) is 31.8 Å². The van der Waals surface area contributed by atoms with Crippen molar-refractivity contribution < 1.29 is 23.8 Å². The third-order valence-electron chi connectivity index (χ3n) is 7.04. The van der Waals surface area contributed by atoms with Gasteiger partial charge in [-0.2, -0.15) is 5.10 Å².